The maximum absolute atomic E-state index is 13.5. The Morgan fingerprint density at radius 2 is 2.19 bits per heavy atom. The lowest BCUT2D eigenvalue weighted by atomic mass is 10.2. The van der Waals surface area contributed by atoms with Gasteiger partial charge in [0.1, 0.15) is 5.82 Å². The van der Waals surface area contributed by atoms with E-state index < -0.39 is 5.91 Å². The quantitative estimate of drug-likeness (QED) is 0.686. The molecule has 1 amide bonds. The summed E-state index contributed by atoms with van der Waals surface area (Å²) < 4.78 is 17.8. The summed E-state index contributed by atoms with van der Waals surface area (Å²) in [6.07, 6.45) is 0. The normalized spacial score (nSPS) is 10.6. The summed E-state index contributed by atoms with van der Waals surface area (Å²) in [7, 11) is 0. The molecule has 0 atom stereocenters. The average Bonchev–Trinajstić information content (AvgIpc) is 2.87. The molecule has 112 valence electrons. The van der Waals surface area contributed by atoms with Gasteiger partial charge in [-0.2, -0.15) is 0 Å². The monoisotopic (exact) mass is 313 g/mol. The molecule has 0 unspecified atom stereocenters. The van der Waals surface area contributed by atoms with Crippen molar-refractivity contribution >= 4 is 23.3 Å². The average molecular weight is 314 g/mol. The lowest BCUT2D eigenvalue weighted by Gasteiger charge is -2.08. The maximum atomic E-state index is 13.5. The molecule has 0 spiro atoms. The Balaban J connectivity index is 1.73. The van der Waals surface area contributed by atoms with Gasteiger partial charge in [0, 0.05) is 30.2 Å². The molecule has 0 saturated carbocycles. The third-order valence-electron chi connectivity index (χ3n) is 2.68. The summed E-state index contributed by atoms with van der Waals surface area (Å²) in [5.74, 6) is -0.932. The highest BCUT2D eigenvalue weighted by atomic mass is 35.5. The number of rotatable bonds is 6. The third kappa shape index (κ3) is 3.89. The van der Waals surface area contributed by atoms with Crippen LogP contribution >= 0.6 is 11.6 Å². The van der Waals surface area contributed by atoms with Crippen molar-refractivity contribution in [3.8, 4) is 0 Å². The van der Waals surface area contributed by atoms with E-state index in [1.807, 2.05) is 0 Å². The van der Waals surface area contributed by atoms with Crippen molar-refractivity contribution in [3.05, 3.63) is 40.3 Å². The van der Waals surface area contributed by atoms with E-state index in [2.05, 4.69) is 25.6 Å². The number of nitrogens with two attached hydrogens (primary N) is 1. The van der Waals surface area contributed by atoms with Gasteiger partial charge in [-0.1, -0.05) is 17.7 Å². The molecule has 2 aromatic rings. The van der Waals surface area contributed by atoms with Crippen LogP contribution in [0.4, 0.5) is 10.2 Å². The van der Waals surface area contributed by atoms with Gasteiger partial charge in [-0.3, -0.25) is 4.79 Å². The minimum absolute atomic E-state index is 0.0628. The van der Waals surface area contributed by atoms with E-state index in [0.717, 1.165) is 0 Å². The van der Waals surface area contributed by atoms with Gasteiger partial charge in [-0.25, -0.2) is 9.02 Å². The Kier molecular flexibility index (Phi) is 5.07. The number of carbonyl (C=O) groups is 1. The van der Waals surface area contributed by atoms with Gasteiger partial charge in [0.15, 0.2) is 0 Å². The van der Waals surface area contributed by atoms with Gasteiger partial charge in [-0.05, 0) is 22.4 Å². The first kappa shape index (κ1) is 15.2. The summed E-state index contributed by atoms with van der Waals surface area (Å²) in [4.78, 5) is 11.6. The van der Waals surface area contributed by atoms with Gasteiger partial charge in [-0.15, -0.1) is 0 Å². The molecule has 4 N–H and O–H groups in total. The zero-order valence-corrected chi connectivity index (χ0v) is 11.7. The predicted octanol–water partition coefficient (Wildman–Crippen LogP) is 0.964. The van der Waals surface area contributed by atoms with Gasteiger partial charge >= 0.3 is 0 Å². The van der Waals surface area contributed by atoms with E-state index in [-0.39, 0.29) is 23.9 Å². The van der Waals surface area contributed by atoms with E-state index in [1.165, 1.54) is 12.1 Å². The largest absolute Gasteiger partial charge is 0.379 e. The Bertz CT molecular complexity index is 614. The van der Waals surface area contributed by atoms with Crippen LogP contribution in [0, 0.1) is 5.82 Å². The number of benzene rings is 1. The Labute approximate surface area is 124 Å². The minimum atomic E-state index is -0.487. The van der Waals surface area contributed by atoms with Crippen molar-refractivity contribution in [2.75, 3.05) is 18.8 Å². The molecule has 21 heavy (non-hydrogen) atoms. The van der Waals surface area contributed by atoms with Crippen molar-refractivity contribution in [1.82, 2.24) is 20.9 Å². The molecule has 0 fully saturated rings. The second kappa shape index (κ2) is 7.00. The lowest BCUT2D eigenvalue weighted by molar-refractivity contribution is 0.0944. The smallest absolute Gasteiger partial charge is 0.277 e. The molecule has 1 heterocycles. The Hall–Kier alpha value is -2.19. The molecule has 0 radical (unpaired) electrons. The van der Waals surface area contributed by atoms with Crippen LogP contribution in [0.3, 0.4) is 0 Å². The molecule has 0 bridgehead atoms. The van der Waals surface area contributed by atoms with Crippen LogP contribution in [0.1, 0.15) is 16.1 Å². The molecule has 0 aliphatic carbocycles. The van der Waals surface area contributed by atoms with E-state index in [9.17, 15) is 9.18 Å². The molecule has 0 aliphatic heterocycles. The maximum Gasteiger partial charge on any atom is 0.277 e. The number of anilines is 1. The van der Waals surface area contributed by atoms with Crippen molar-refractivity contribution in [2.24, 2.45) is 0 Å². The number of hydrogen-bond donors (Lipinski definition) is 3. The third-order valence-corrected chi connectivity index (χ3v) is 3.03. The minimum Gasteiger partial charge on any atom is -0.379 e. The summed E-state index contributed by atoms with van der Waals surface area (Å²) in [5.41, 5.74) is 5.70. The number of aromatic nitrogens is 2. The van der Waals surface area contributed by atoms with Crippen molar-refractivity contribution < 1.29 is 13.8 Å². The number of hydrogen-bond acceptors (Lipinski definition) is 6. The van der Waals surface area contributed by atoms with Crippen molar-refractivity contribution in [2.45, 2.75) is 6.54 Å². The van der Waals surface area contributed by atoms with Gasteiger partial charge in [0.05, 0.1) is 0 Å². The van der Waals surface area contributed by atoms with Gasteiger partial charge < -0.3 is 16.4 Å². The fraction of sp³-hybridized carbons (Fsp3) is 0.250. The number of amides is 1. The SMILES string of the molecule is Nc1nonc1C(=O)NCCNCc1c(F)cccc1Cl. The molecule has 0 saturated heterocycles. The van der Waals surface area contributed by atoms with E-state index >= 15 is 0 Å². The van der Waals surface area contributed by atoms with Gasteiger partial charge in [0.2, 0.25) is 11.5 Å². The number of nitrogen functional groups attached to an aromatic ring is 1. The Morgan fingerprint density at radius 3 is 2.86 bits per heavy atom. The highest BCUT2D eigenvalue weighted by Gasteiger charge is 2.14. The molecule has 1 aromatic carbocycles. The van der Waals surface area contributed by atoms with Crippen LogP contribution in [0.5, 0.6) is 0 Å². The van der Waals surface area contributed by atoms with Crippen molar-refractivity contribution in [3.63, 3.8) is 0 Å². The summed E-state index contributed by atoms with van der Waals surface area (Å²) in [5, 5.41) is 12.6. The van der Waals surface area contributed by atoms with Gasteiger partial charge in [0.25, 0.3) is 5.91 Å². The number of nitrogens with zero attached hydrogens (tertiary/aromatic N) is 2. The summed E-state index contributed by atoms with van der Waals surface area (Å²) >= 11 is 5.89. The Morgan fingerprint density at radius 1 is 1.38 bits per heavy atom. The number of halogens is 2. The first-order valence-corrected chi connectivity index (χ1v) is 6.47. The second-order valence-corrected chi connectivity index (χ2v) is 4.54. The standard InChI is InChI=1S/C12H13ClFN5O2/c13-8-2-1-3-9(14)7(8)6-16-4-5-17-12(20)10-11(15)19-21-18-10/h1-3,16H,4-6H2,(H2,15,19)(H,17,20). The highest BCUT2D eigenvalue weighted by Crippen LogP contribution is 2.18. The van der Waals surface area contributed by atoms with Crippen LogP contribution in [0.25, 0.3) is 0 Å². The second-order valence-electron chi connectivity index (χ2n) is 4.13. The van der Waals surface area contributed by atoms with E-state index in [1.54, 1.807) is 6.07 Å². The molecule has 9 heteroatoms. The molecular weight excluding hydrogens is 301 g/mol. The molecule has 7 nitrogen and oxygen atoms in total. The predicted molar refractivity (Wildman–Crippen MR) is 74.2 cm³/mol. The number of nitrogens with one attached hydrogen (secondary N) is 2. The number of carbonyl (C=O) groups excluding carboxylic acids is 1. The van der Waals surface area contributed by atoms with Crippen LogP contribution in [0.2, 0.25) is 5.02 Å². The van der Waals surface area contributed by atoms with Crippen LogP contribution in [0.15, 0.2) is 22.8 Å². The summed E-state index contributed by atoms with van der Waals surface area (Å²) in [6, 6.07) is 4.49. The molecule has 2 rings (SSSR count). The molecule has 0 aliphatic rings. The first-order chi connectivity index (χ1) is 10.1. The lowest BCUT2D eigenvalue weighted by Crippen LogP contribution is -2.32. The molecular formula is C12H13ClFN5O2. The first-order valence-electron chi connectivity index (χ1n) is 6.09. The van der Waals surface area contributed by atoms with Crippen LogP contribution < -0.4 is 16.4 Å². The van der Waals surface area contributed by atoms with Crippen molar-refractivity contribution in [1.29, 1.82) is 0 Å². The zero-order valence-electron chi connectivity index (χ0n) is 10.9. The van der Waals surface area contributed by atoms with E-state index in [4.69, 9.17) is 17.3 Å². The zero-order chi connectivity index (χ0) is 15.2. The molecule has 1 aromatic heterocycles. The van der Waals surface area contributed by atoms with Crippen LogP contribution in [-0.2, 0) is 6.54 Å². The topological polar surface area (TPSA) is 106 Å². The fourth-order valence-corrected chi connectivity index (χ4v) is 1.85. The fourth-order valence-electron chi connectivity index (χ4n) is 1.62. The summed E-state index contributed by atoms with van der Waals surface area (Å²) in [6.45, 7) is 0.980. The van der Waals surface area contributed by atoms with E-state index in [0.29, 0.717) is 23.7 Å². The highest BCUT2D eigenvalue weighted by molar-refractivity contribution is 6.31. The van der Waals surface area contributed by atoms with Crippen LogP contribution in [-0.4, -0.2) is 29.3 Å².